The number of amides is 1. The molecule has 104 valence electrons. The summed E-state index contributed by atoms with van der Waals surface area (Å²) in [4.78, 5) is 26.4. The molecule has 0 spiro atoms. The number of hydrogen-bond acceptors (Lipinski definition) is 4. The van der Waals surface area contributed by atoms with Crippen LogP contribution in [0, 0.1) is 12.7 Å². The van der Waals surface area contributed by atoms with E-state index >= 15 is 0 Å². The van der Waals surface area contributed by atoms with Gasteiger partial charge in [0.25, 0.3) is 5.91 Å². The van der Waals surface area contributed by atoms with Crippen LogP contribution in [0.4, 0.5) is 9.52 Å². The highest BCUT2D eigenvalue weighted by atomic mass is 32.1. The number of carboxylic acid groups (broad SMARTS) is 1. The summed E-state index contributed by atoms with van der Waals surface area (Å²) in [5, 5.41) is 13.0. The van der Waals surface area contributed by atoms with E-state index in [2.05, 4.69) is 10.3 Å². The number of rotatable bonds is 4. The summed E-state index contributed by atoms with van der Waals surface area (Å²) >= 11 is 1.12. The Morgan fingerprint density at radius 3 is 2.85 bits per heavy atom. The fourth-order valence-corrected chi connectivity index (χ4v) is 2.21. The number of halogens is 1. The summed E-state index contributed by atoms with van der Waals surface area (Å²) in [5.74, 6) is -1.93. The number of carbonyl (C=O) groups excluding carboxylic acids is 1. The van der Waals surface area contributed by atoms with Gasteiger partial charge in [0.05, 0.1) is 12.1 Å². The molecule has 2 aromatic rings. The van der Waals surface area contributed by atoms with Crippen LogP contribution in [0.15, 0.2) is 23.6 Å². The first-order chi connectivity index (χ1) is 9.45. The maximum Gasteiger partial charge on any atom is 0.309 e. The summed E-state index contributed by atoms with van der Waals surface area (Å²) in [5.41, 5.74) is 1.01. The van der Waals surface area contributed by atoms with E-state index in [1.807, 2.05) is 0 Å². The second-order valence-electron chi connectivity index (χ2n) is 4.13. The normalized spacial score (nSPS) is 10.3. The predicted molar refractivity (Wildman–Crippen MR) is 72.5 cm³/mol. The molecular weight excluding hydrogens is 283 g/mol. The minimum atomic E-state index is -0.992. The number of benzene rings is 1. The van der Waals surface area contributed by atoms with Crippen molar-refractivity contribution in [3.63, 3.8) is 0 Å². The van der Waals surface area contributed by atoms with E-state index in [0.29, 0.717) is 11.3 Å². The number of nitrogens with zero attached hydrogens (tertiary/aromatic N) is 1. The number of aryl methyl sites for hydroxylation is 1. The molecule has 20 heavy (non-hydrogen) atoms. The third kappa shape index (κ3) is 3.39. The molecule has 0 saturated carbocycles. The fourth-order valence-electron chi connectivity index (χ4n) is 1.50. The van der Waals surface area contributed by atoms with Gasteiger partial charge in [-0.1, -0.05) is 6.07 Å². The molecule has 0 aliphatic carbocycles. The van der Waals surface area contributed by atoms with E-state index in [1.165, 1.54) is 12.1 Å². The molecule has 0 atom stereocenters. The molecule has 0 radical (unpaired) electrons. The Hall–Kier alpha value is -2.28. The Kier molecular flexibility index (Phi) is 4.09. The van der Waals surface area contributed by atoms with Crippen LogP contribution >= 0.6 is 11.3 Å². The zero-order chi connectivity index (χ0) is 14.7. The Labute approximate surface area is 118 Å². The van der Waals surface area contributed by atoms with E-state index in [4.69, 9.17) is 5.11 Å². The van der Waals surface area contributed by atoms with Gasteiger partial charge in [0, 0.05) is 10.9 Å². The molecule has 0 aliphatic heterocycles. The average molecular weight is 294 g/mol. The zero-order valence-corrected chi connectivity index (χ0v) is 11.3. The smallest absolute Gasteiger partial charge is 0.309 e. The van der Waals surface area contributed by atoms with E-state index < -0.39 is 17.7 Å². The second kappa shape index (κ2) is 5.79. The molecule has 5 nitrogen and oxygen atoms in total. The van der Waals surface area contributed by atoms with Gasteiger partial charge < -0.3 is 5.11 Å². The van der Waals surface area contributed by atoms with Gasteiger partial charge in [-0.05, 0) is 24.6 Å². The lowest BCUT2D eigenvalue weighted by Crippen LogP contribution is -2.12. The number of thiazole rings is 1. The average Bonchev–Trinajstić information content (AvgIpc) is 2.79. The summed E-state index contributed by atoms with van der Waals surface area (Å²) in [6, 6.07) is 4.18. The molecule has 0 unspecified atom stereocenters. The quantitative estimate of drug-likeness (QED) is 0.908. The van der Waals surface area contributed by atoms with Gasteiger partial charge in [-0.15, -0.1) is 11.3 Å². The van der Waals surface area contributed by atoms with Crippen molar-refractivity contribution in [1.82, 2.24) is 4.98 Å². The summed E-state index contributed by atoms with van der Waals surface area (Å²) in [7, 11) is 0. The Morgan fingerprint density at radius 2 is 2.20 bits per heavy atom. The van der Waals surface area contributed by atoms with Crippen molar-refractivity contribution >= 4 is 28.3 Å². The minimum absolute atomic E-state index is 0.183. The van der Waals surface area contributed by atoms with E-state index in [0.717, 1.165) is 17.4 Å². The van der Waals surface area contributed by atoms with Crippen molar-refractivity contribution in [3.8, 4) is 0 Å². The van der Waals surface area contributed by atoms with Crippen LogP contribution in [0.5, 0.6) is 0 Å². The number of carboxylic acids is 1. The first-order valence-electron chi connectivity index (χ1n) is 5.69. The molecule has 2 N–H and O–H groups in total. The number of aromatic nitrogens is 1. The standard InChI is InChI=1S/C13H11FN2O3S/c1-7-2-3-8(4-10(7)14)12(19)16-13-15-9(6-20-13)5-11(17)18/h2-4,6H,5H2,1H3,(H,17,18)(H,15,16,19). The monoisotopic (exact) mass is 294 g/mol. The highest BCUT2D eigenvalue weighted by Gasteiger charge is 2.11. The number of aliphatic carboxylic acids is 1. The van der Waals surface area contributed by atoms with Crippen LogP contribution in [-0.2, 0) is 11.2 Å². The molecule has 0 fully saturated rings. The lowest BCUT2D eigenvalue weighted by atomic mass is 10.1. The van der Waals surface area contributed by atoms with Crippen LogP contribution in [-0.4, -0.2) is 22.0 Å². The molecule has 1 heterocycles. The molecular formula is C13H11FN2O3S. The van der Waals surface area contributed by atoms with Gasteiger partial charge in [0.2, 0.25) is 0 Å². The SMILES string of the molecule is Cc1ccc(C(=O)Nc2nc(CC(=O)O)cs2)cc1F. The first kappa shape index (κ1) is 14.1. The van der Waals surface area contributed by atoms with Crippen LogP contribution < -0.4 is 5.32 Å². The number of anilines is 1. The summed E-state index contributed by atoms with van der Waals surface area (Å²) in [6.07, 6.45) is -0.203. The first-order valence-corrected chi connectivity index (χ1v) is 6.57. The van der Waals surface area contributed by atoms with Crippen LogP contribution in [0.25, 0.3) is 0 Å². The highest BCUT2D eigenvalue weighted by Crippen LogP contribution is 2.17. The molecule has 0 saturated heterocycles. The van der Waals surface area contributed by atoms with Crippen molar-refractivity contribution in [2.24, 2.45) is 0 Å². The zero-order valence-electron chi connectivity index (χ0n) is 10.5. The summed E-state index contributed by atoms with van der Waals surface area (Å²) in [6.45, 7) is 1.61. The van der Waals surface area contributed by atoms with Gasteiger partial charge in [-0.25, -0.2) is 9.37 Å². The predicted octanol–water partition coefficient (Wildman–Crippen LogP) is 2.47. The largest absolute Gasteiger partial charge is 0.481 e. The lowest BCUT2D eigenvalue weighted by molar-refractivity contribution is -0.136. The third-order valence-electron chi connectivity index (χ3n) is 2.54. The molecule has 0 aliphatic rings. The fraction of sp³-hybridized carbons (Fsp3) is 0.154. The maximum atomic E-state index is 13.4. The summed E-state index contributed by atoms with van der Waals surface area (Å²) < 4.78 is 13.4. The van der Waals surface area contributed by atoms with Gasteiger partial charge in [-0.3, -0.25) is 14.9 Å². The van der Waals surface area contributed by atoms with Gasteiger partial charge in [-0.2, -0.15) is 0 Å². The Balaban J connectivity index is 2.09. The maximum absolute atomic E-state index is 13.4. The van der Waals surface area contributed by atoms with Crippen LogP contribution in [0.2, 0.25) is 0 Å². The van der Waals surface area contributed by atoms with Crippen LogP contribution in [0.1, 0.15) is 21.6 Å². The van der Waals surface area contributed by atoms with Gasteiger partial charge >= 0.3 is 5.97 Å². The number of carbonyl (C=O) groups is 2. The van der Waals surface area contributed by atoms with Crippen molar-refractivity contribution in [1.29, 1.82) is 0 Å². The van der Waals surface area contributed by atoms with Gasteiger partial charge in [0.15, 0.2) is 5.13 Å². The molecule has 2 rings (SSSR count). The topological polar surface area (TPSA) is 79.3 Å². The Bertz CT molecular complexity index is 669. The van der Waals surface area contributed by atoms with E-state index in [9.17, 15) is 14.0 Å². The molecule has 0 bridgehead atoms. The molecule has 7 heteroatoms. The Morgan fingerprint density at radius 1 is 1.45 bits per heavy atom. The lowest BCUT2D eigenvalue weighted by Gasteiger charge is -2.03. The van der Waals surface area contributed by atoms with Crippen molar-refractivity contribution < 1.29 is 19.1 Å². The van der Waals surface area contributed by atoms with Crippen molar-refractivity contribution in [3.05, 3.63) is 46.2 Å². The van der Waals surface area contributed by atoms with Crippen LogP contribution in [0.3, 0.4) is 0 Å². The molecule has 1 aromatic heterocycles. The molecule has 1 amide bonds. The van der Waals surface area contributed by atoms with Crippen molar-refractivity contribution in [2.75, 3.05) is 5.32 Å². The van der Waals surface area contributed by atoms with E-state index in [1.54, 1.807) is 12.3 Å². The van der Waals surface area contributed by atoms with Gasteiger partial charge in [0.1, 0.15) is 5.82 Å². The second-order valence-corrected chi connectivity index (χ2v) is 4.99. The number of hydrogen-bond donors (Lipinski definition) is 2. The number of nitrogens with one attached hydrogen (secondary N) is 1. The van der Waals surface area contributed by atoms with Crippen molar-refractivity contribution in [2.45, 2.75) is 13.3 Å². The molecule has 1 aromatic carbocycles. The minimum Gasteiger partial charge on any atom is -0.481 e. The van der Waals surface area contributed by atoms with E-state index in [-0.39, 0.29) is 17.1 Å². The highest BCUT2D eigenvalue weighted by molar-refractivity contribution is 7.14. The third-order valence-corrected chi connectivity index (χ3v) is 3.35.